The van der Waals surface area contributed by atoms with Crippen LogP contribution in [0.3, 0.4) is 0 Å². The maximum atomic E-state index is 12.8. The first-order valence-corrected chi connectivity index (χ1v) is 8.62. The minimum atomic E-state index is -3.43. The smallest absolute Gasteiger partial charge is 0.243 e. The second-order valence-corrected chi connectivity index (χ2v) is 7.06. The van der Waals surface area contributed by atoms with E-state index in [-0.39, 0.29) is 0 Å². The number of nitrogens with zero attached hydrogens (tertiary/aromatic N) is 1. The van der Waals surface area contributed by atoms with Gasteiger partial charge in [-0.05, 0) is 49.4 Å². The molecule has 0 saturated heterocycles. The lowest BCUT2D eigenvalue weighted by Gasteiger charge is -2.23. The molecule has 1 aromatic rings. The average Bonchev–Trinajstić information content (AvgIpc) is 2.38. The third kappa shape index (κ3) is 3.59. The Labute approximate surface area is 123 Å². The zero-order chi connectivity index (χ0) is 15.3. The van der Waals surface area contributed by atoms with Crippen molar-refractivity contribution in [3.05, 3.63) is 28.8 Å². The van der Waals surface area contributed by atoms with Crippen molar-refractivity contribution in [1.29, 1.82) is 0 Å². The van der Waals surface area contributed by atoms with Gasteiger partial charge < -0.3 is 5.73 Å². The van der Waals surface area contributed by atoms with Gasteiger partial charge in [0.1, 0.15) is 0 Å². The van der Waals surface area contributed by atoms with Crippen molar-refractivity contribution in [1.82, 2.24) is 4.31 Å². The molecule has 0 atom stereocenters. The predicted octanol–water partition coefficient (Wildman–Crippen LogP) is 2.57. The van der Waals surface area contributed by atoms with E-state index in [1.807, 2.05) is 33.8 Å². The fourth-order valence-corrected chi connectivity index (χ4v) is 4.24. The summed E-state index contributed by atoms with van der Waals surface area (Å²) in [6.07, 6.45) is 1.63. The minimum absolute atomic E-state index is 0.357. The lowest BCUT2D eigenvalue weighted by atomic mass is 10.1. The van der Waals surface area contributed by atoms with Gasteiger partial charge in [0.05, 0.1) is 4.90 Å². The molecule has 0 aliphatic carbocycles. The standard InChI is InChI=1S/C15H26N2O2S/c1-5-7-17(8-6-2)20(18,19)15-10-14(11-16)12(3)9-13(15)4/h9-10H,5-8,11,16H2,1-4H3. The molecule has 1 aromatic carbocycles. The van der Waals surface area contributed by atoms with Gasteiger partial charge in [-0.1, -0.05) is 19.9 Å². The van der Waals surface area contributed by atoms with Crippen LogP contribution in [0.15, 0.2) is 17.0 Å². The van der Waals surface area contributed by atoms with Crippen molar-refractivity contribution in [2.45, 2.75) is 52.0 Å². The van der Waals surface area contributed by atoms with Crippen LogP contribution < -0.4 is 5.73 Å². The average molecular weight is 298 g/mol. The van der Waals surface area contributed by atoms with Gasteiger partial charge in [-0.15, -0.1) is 0 Å². The zero-order valence-electron chi connectivity index (χ0n) is 12.9. The monoisotopic (exact) mass is 298 g/mol. The van der Waals surface area contributed by atoms with Crippen LogP contribution in [0.2, 0.25) is 0 Å². The number of sulfonamides is 1. The summed E-state index contributed by atoms with van der Waals surface area (Å²) in [5, 5.41) is 0. The maximum Gasteiger partial charge on any atom is 0.243 e. The number of hydrogen-bond acceptors (Lipinski definition) is 3. The molecule has 4 nitrogen and oxygen atoms in total. The summed E-state index contributed by atoms with van der Waals surface area (Å²) in [5.41, 5.74) is 8.42. The molecule has 0 amide bonds. The van der Waals surface area contributed by atoms with Gasteiger partial charge in [-0.25, -0.2) is 8.42 Å². The van der Waals surface area contributed by atoms with Crippen LogP contribution in [0, 0.1) is 13.8 Å². The van der Waals surface area contributed by atoms with Gasteiger partial charge in [-0.2, -0.15) is 4.31 Å². The molecule has 0 radical (unpaired) electrons. The van der Waals surface area contributed by atoms with Gasteiger partial charge in [0, 0.05) is 19.6 Å². The largest absolute Gasteiger partial charge is 0.326 e. The van der Waals surface area contributed by atoms with E-state index >= 15 is 0 Å². The third-order valence-corrected chi connectivity index (χ3v) is 5.46. The van der Waals surface area contributed by atoms with Crippen LogP contribution in [0.1, 0.15) is 43.4 Å². The molecule has 114 valence electrons. The van der Waals surface area contributed by atoms with E-state index in [4.69, 9.17) is 5.73 Å². The van der Waals surface area contributed by atoms with E-state index in [9.17, 15) is 8.42 Å². The molecule has 0 heterocycles. The number of nitrogens with two attached hydrogens (primary N) is 1. The second kappa shape index (κ2) is 7.20. The van der Waals surface area contributed by atoms with Crippen molar-refractivity contribution in [2.75, 3.05) is 13.1 Å². The first kappa shape index (κ1) is 17.1. The quantitative estimate of drug-likeness (QED) is 0.841. The van der Waals surface area contributed by atoms with E-state index in [1.165, 1.54) is 0 Å². The Balaban J connectivity index is 3.32. The van der Waals surface area contributed by atoms with Crippen LogP contribution in [0.4, 0.5) is 0 Å². The third-order valence-electron chi connectivity index (χ3n) is 3.42. The van der Waals surface area contributed by atoms with E-state index in [2.05, 4.69) is 0 Å². The molecule has 0 unspecified atom stereocenters. The van der Waals surface area contributed by atoms with E-state index in [1.54, 1.807) is 10.4 Å². The predicted molar refractivity (Wildman–Crippen MR) is 83.1 cm³/mol. The second-order valence-electron chi connectivity index (χ2n) is 5.15. The molecule has 5 heteroatoms. The van der Waals surface area contributed by atoms with Crippen LogP contribution in [-0.2, 0) is 16.6 Å². The maximum absolute atomic E-state index is 12.8. The summed E-state index contributed by atoms with van der Waals surface area (Å²) >= 11 is 0. The lowest BCUT2D eigenvalue weighted by Crippen LogP contribution is -2.33. The normalized spacial score (nSPS) is 12.1. The molecule has 0 aliphatic rings. The van der Waals surface area contributed by atoms with E-state index in [0.717, 1.165) is 29.5 Å². The molecule has 0 aliphatic heterocycles. The molecule has 20 heavy (non-hydrogen) atoms. The Hall–Kier alpha value is -0.910. The van der Waals surface area contributed by atoms with Crippen LogP contribution >= 0.6 is 0 Å². The molecule has 0 spiro atoms. The molecule has 0 fully saturated rings. The molecule has 0 saturated carbocycles. The highest BCUT2D eigenvalue weighted by Crippen LogP contribution is 2.24. The summed E-state index contributed by atoms with van der Waals surface area (Å²) < 4.78 is 27.2. The highest BCUT2D eigenvalue weighted by atomic mass is 32.2. The van der Waals surface area contributed by atoms with Gasteiger partial charge >= 0.3 is 0 Å². The number of hydrogen-bond donors (Lipinski definition) is 1. The summed E-state index contributed by atoms with van der Waals surface area (Å²) in [4.78, 5) is 0.394. The van der Waals surface area contributed by atoms with Crippen molar-refractivity contribution in [3.8, 4) is 0 Å². The summed E-state index contributed by atoms with van der Waals surface area (Å²) in [5.74, 6) is 0. The van der Waals surface area contributed by atoms with Crippen LogP contribution in [0.25, 0.3) is 0 Å². The summed E-state index contributed by atoms with van der Waals surface area (Å²) in [7, 11) is -3.43. The molecular formula is C15H26N2O2S. The number of rotatable bonds is 7. The summed E-state index contributed by atoms with van der Waals surface area (Å²) in [6, 6.07) is 3.64. The zero-order valence-corrected chi connectivity index (χ0v) is 13.8. The molecular weight excluding hydrogens is 272 g/mol. The topological polar surface area (TPSA) is 63.4 Å². The first-order chi connectivity index (χ1) is 9.38. The summed E-state index contributed by atoms with van der Waals surface area (Å²) in [6.45, 7) is 9.26. The number of aryl methyl sites for hydroxylation is 2. The van der Waals surface area contributed by atoms with Gasteiger partial charge in [-0.3, -0.25) is 0 Å². The Bertz CT molecular complexity index is 547. The molecule has 2 N–H and O–H groups in total. The minimum Gasteiger partial charge on any atom is -0.326 e. The van der Waals surface area contributed by atoms with Crippen molar-refractivity contribution in [3.63, 3.8) is 0 Å². The Morgan fingerprint density at radius 3 is 2.05 bits per heavy atom. The van der Waals surface area contributed by atoms with Crippen molar-refractivity contribution < 1.29 is 8.42 Å². The van der Waals surface area contributed by atoms with Gasteiger partial charge in [0.2, 0.25) is 10.0 Å². The first-order valence-electron chi connectivity index (χ1n) is 7.18. The Morgan fingerprint density at radius 2 is 1.60 bits per heavy atom. The molecule has 1 rings (SSSR count). The fourth-order valence-electron chi connectivity index (χ4n) is 2.36. The van der Waals surface area contributed by atoms with E-state index in [0.29, 0.717) is 24.5 Å². The van der Waals surface area contributed by atoms with E-state index < -0.39 is 10.0 Å². The number of benzene rings is 1. The Kier molecular flexibility index (Phi) is 6.17. The fraction of sp³-hybridized carbons (Fsp3) is 0.600. The SMILES string of the molecule is CCCN(CCC)S(=O)(=O)c1cc(CN)c(C)cc1C. The molecule has 0 bridgehead atoms. The van der Waals surface area contributed by atoms with Crippen LogP contribution in [-0.4, -0.2) is 25.8 Å². The lowest BCUT2D eigenvalue weighted by molar-refractivity contribution is 0.409. The highest BCUT2D eigenvalue weighted by Gasteiger charge is 2.25. The highest BCUT2D eigenvalue weighted by molar-refractivity contribution is 7.89. The Morgan fingerprint density at radius 1 is 1.05 bits per heavy atom. The van der Waals surface area contributed by atoms with Gasteiger partial charge in [0.15, 0.2) is 0 Å². The van der Waals surface area contributed by atoms with Crippen molar-refractivity contribution in [2.24, 2.45) is 5.73 Å². The van der Waals surface area contributed by atoms with Crippen molar-refractivity contribution >= 4 is 10.0 Å². The van der Waals surface area contributed by atoms with Crippen LogP contribution in [0.5, 0.6) is 0 Å². The molecule has 0 aromatic heterocycles. The van der Waals surface area contributed by atoms with Gasteiger partial charge in [0.25, 0.3) is 0 Å².